The first kappa shape index (κ1) is 11.3. The van der Waals surface area contributed by atoms with Crippen molar-refractivity contribution in [3.8, 4) is 6.01 Å². The third kappa shape index (κ3) is 1.73. The SMILES string of the molecule is CCOc1nc(N)nc(NC2C3C4CCC(C4)C23)n1. The maximum atomic E-state index is 5.69. The van der Waals surface area contributed by atoms with Gasteiger partial charge in [0.15, 0.2) is 0 Å². The van der Waals surface area contributed by atoms with Crippen LogP contribution in [0.15, 0.2) is 0 Å². The van der Waals surface area contributed by atoms with E-state index in [2.05, 4.69) is 20.3 Å². The lowest BCUT2D eigenvalue weighted by atomic mass is 10.0. The molecule has 19 heavy (non-hydrogen) atoms. The minimum absolute atomic E-state index is 0.217. The second-order valence-corrected chi connectivity index (χ2v) is 5.89. The van der Waals surface area contributed by atoms with Gasteiger partial charge in [-0.05, 0) is 49.9 Å². The first-order chi connectivity index (χ1) is 9.26. The van der Waals surface area contributed by atoms with E-state index in [0.717, 1.165) is 23.7 Å². The van der Waals surface area contributed by atoms with Crippen LogP contribution in [0, 0.1) is 23.7 Å². The molecule has 4 unspecified atom stereocenters. The van der Waals surface area contributed by atoms with Crippen LogP contribution in [-0.4, -0.2) is 27.6 Å². The molecule has 6 nitrogen and oxygen atoms in total. The predicted octanol–water partition coefficient (Wildman–Crippen LogP) is 1.31. The molecule has 3 aliphatic rings. The third-order valence-corrected chi connectivity index (χ3v) is 4.94. The molecular formula is C13H19N5O. The van der Waals surface area contributed by atoms with Crippen molar-refractivity contribution in [2.45, 2.75) is 32.2 Å². The Balaban J connectivity index is 1.49. The van der Waals surface area contributed by atoms with Gasteiger partial charge in [-0.25, -0.2) is 0 Å². The molecule has 0 saturated heterocycles. The Morgan fingerprint density at radius 3 is 2.63 bits per heavy atom. The molecule has 1 aromatic heterocycles. The molecule has 6 heteroatoms. The van der Waals surface area contributed by atoms with Gasteiger partial charge in [0.1, 0.15) is 0 Å². The molecular weight excluding hydrogens is 242 g/mol. The zero-order valence-corrected chi connectivity index (χ0v) is 11.0. The average Bonchev–Trinajstić information content (AvgIpc) is 2.78. The van der Waals surface area contributed by atoms with E-state index >= 15 is 0 Å². The lowest BCUT2D eigenvalue weighted by molar-refractivity contribution is 0.312. The van der Waals surface area contributed by atoms with Crippen molar-refractivity contribution >= 4 is 11.9 Å². The van der Waals surface area contributed by atoms with Gasteiger partial charge < -0.3 is 15.8 Å². The lowest BCUT2D eigenvalue weighted by Gasteiger charge is -2.11. The van der Waals surface area contributed by atoms with E-state index in [-0.39, 0.29) is 5.95 Å². The third-order valence-electron chi connectivity index (χ3n) is 4.94. The van der Waals surface area contributed by atoms with Gasteiger partial charge >= 0.3 is 6.01 Å². The monoisotopic (exact) mass is 261 g/mol. The molecule has 102 valence electrons. The number of aromatic nitrogens is 3. The number of ether oxygens (including phenoxy) is 1. The Morgan fingerprint density at radius 1 is 1.21 bits per heavy atom. The summed E-state index contributed by atoms with van der Waals surface area (Å²) < 4.78 is 5.30. The summed E-state index contributed by atoms with van der Waals surface area (Å²) in [7, 11) is 0. The zero-order valence-electron chi connectivity index (χ0n) is 11.0. The van der Waals surface area contributed by atoms with E-state index in [1.165, 1.54) is 19.3 Å². The number of fused-ring (bicyclic) bond motifs is 5. The molecule has 2 bridgehead atoms. The molecule has 4 atom stereocenters. The van der Waals surface area contributed by atoms with E-state index in [1.54, 1.807) is 0 Å². The molecule has 3 aliphatic carbocycles. The summed E-state index contributed by atoms with van der Waals surface area (Å²) in [5, 5.41) is 3.44. The minimum atomic E-state index is 0.217. The summed E-state index contributed by atoms with van der Waals surface area (Å²) in [4.78, 5) is 12.4. The van der Waals surface area contributed by atoms with E-state index in [0.29, 0.717) is 24.6 Å². The smallest absolute Gasteiger partial charge is 0.323 e. The van der Waals surface area contributed by atoms with Crippen LogP contribution in [-0.2, 0) is 0 Å². The fourth-order valence-electron chi connectivity index (χ4n) is 4.30. The van der Waals surface area contributed by atoms with Gasteiger partial charge in [-0.3, -0.25) is 0 Å². The van der Waals surface area contributed by atoms with Crippen LogP contribution in [0.2, 0.25) is 0 Å². The maximum absolute atomic E-state index is 5.69. The average molecular weight is 261 g/mol. The summed E-state index contributed by atoms with van der Waals surface area (Å²) in [5.41, 5.74) is 5.69. The largest absolute Gasteiger partial charge is 0.464 e. The highest BCUT2D eigenvalue weighted by molar-refractivity contribution is 5.38. The number of anilines is 2. The van der Waals surface area contributed by atoms with Crippen molar-refractivity contribution in [3.63, 3.8) is 0 Å². The second kappa shape index (κ2) is 3.95. The Labute approximate surface area is 112 Å². The Morgan fingerprint density at radius 2 is 1.95 bits per heavy atom. The molecule has 0 aromatic carbocycles. The lowest BCUT2D eigenvalue weighted by Crippen LogP contribution is -2.16. The number of nitrogens with zero attached hydrogens (tertiary/aromatic N) is 3. The summed E-state index contributed by atoms with van der Waals surface area (Å²) in [5.74, 6) is 4.32. The summed E-state index contributed by atoms with van der Waals surface area (Å²) in [6.07, 6.45) is 4.26. The summed E-state index contributed by atoms with van der Waals surface area (Å²) in [6.45, 7) is 2.43. The van der Waals surface area contributed by atoms with Gasteiger partial charge in [0.25, 0.3) is 0 Å². The van der Waals surface area contributed by atoms with Crippen molar-refractivity contribution in [3.05, 3.63) is 0 Å². The van der Waals surface area contributed by atoms with E-state index < -0.39 is 0 Å². The van der Waals surface area contributed by atoms with Gasteiger partial charge in [-0.1, -0.05) is 0 Å². The van der Waals surface area contributed by atoms with E-state index in [9.17, 15) is 0 Å². The van der Waals surface area contributed by atoms with Gasteiger partial charge in [0, 0.05) is 6.04 Å². The molecule has 3 saturated carbocycles. The highest BCUT2D eigenvalue weighted by Gasteiger charge is 2.65. The van der Waals surface area contributed by atoms with Gasteiger partial charge in [0.2, 0.25) is 11.9 Å². The van der Waals surface area contributed by atoms with Crippen LogP contribution in [0.25, 0.3) is 0 Å². The maximum Gasteiger partial charge on any atom is 0.323 e. The molecule has 3 fully saturated rings. The van der Waals surface area contributed by atoms with Crippen LogP contribution in [0.4, 0.5) is 11.9 Å². The normalized spacial score (nSPS) is 38.1. The molecule has 0 spiro atoms. The Hall–Kier alpha value is -1.59. The zero-order chi connectivity index (χ0) is 13.0. The topological polar surface area (TPSA) is 86.0 Å². The van der Waals surface area contributed by atoms with Crippen molar-refractivity contribution in [2.75, 3.05) is 17.7 Å². The van der Waals surface area contributed by atoms with Gasteiger partial charge in [0.05, 0.1) is 6.61 Å². The predicted molar refractivity (Wildman–Crippen MR) is 70.6 cm³/mol. The van der Waals surface area contributed by atoms with Crippen LogP contribution in [0.3, 0.4) is 0 Å². The van der Waals surface area contributed by atoms with Crippen LogP contribution in [0.5, 0.6) is 6.01 Å². The van der Waals surface area contributed by atoms with E-state index in [1.807, 2.05) is 6.92 Å². The van der Waals surface area contributed by atoms with Crippen LogP contribution < -0.4 is 15.8 Å². The second-order valence-electron chi connectivity index (χ2n) is 5.89. The fraction of sp³-hybridized carbons (Fsp3) is 0.769. The Bertz CT molecular complexity index is 492. The quantitative estimate of drug-likeness (QED) is 0.850. The molecule has 0 aliphatic heterocycles. The van der Waals surface area contributed by atoms with Crippen molar-refractivity contribution in [1.82, 2.24) is 15.0 Å². The standard InChI is InChI=1S/C13H19N5O/c1-2-19-13-17-11(14)16-12(18-13)15-10-8-6-3-4-7(5-6)9(8)10/h6-10H,2-5H2,1H3,(H3,14,15,16,17,18). The molecule has 1 aromatic rings. The number of nitrogen functional groups attached to an aromatic ring is 1. The van der Waals surface area contributed by atoms with E-state index in [4.69, 9.17) is 10.5 Å². The number of nitrogens with two attached hydrogens (primary N) is 1. The van der Waals surface area contributed by atoms with Gasteiger partial charge in [-0.15, -0.1) is 0 Å². The van der Waals surface area contributed by atoms with Crippen molar-refractivity contribution in [1.29, 1.82) is 0 Å². The van der Waals surface area contributed by atoms with Crippen molar-refractivity contribution in [2.24, 2.45) is 23.7 Å². The molecule has 1 heterocycles. The number of rotatable bonds is 4. The molecule has 3 N–H and O–H groups in total. The molecule has 0 radical (unpaired) electrons. The first-order valence-corrected chi connectivity index (χ1v) is 7.17. The Kier molecular flexibility index (Phi) is 2.34. The minimum Gasteiger partial charge on any atom is -0.464 e. The first-order valence-electron chi connectivity index (χ1n) is 7.17. The highest BCUT2D eigenvalue weighted by atomic mass is 16.5. The van der Waals surface area contributed by atoms with Crippen LogP contribution >= 0.6 is 0 Å². The fourth-order valence-corrected chi connectivity index (χ4v) is 4.30. The number of nitrogens with one attached hydrogen (secondary N) is 1. The summed E-state index contributed by atoms with van der Waals surface area (Å²) in [6, 6.07) is 0.855. The number of hydrogen-bond donors (Lipinski definition) is 2. The molecule has 4 rings (SSSR count). The van der Waals surface area contributed by atoms with Crippen molar-refractivity contribution < 1.29 is 4.74 Å². The summed E-state index contributed by atoms with van der Waals surface area (Å²) >= 11 is 0. The van der Waals surface area contributed by atoms with Gasteiger partial charge in [-0.2, -0.15) is 15.0 Å². The molecule has 0 amide bonds. The highest BCUT2D eigenvalue weighted by Crippen LogP contribution is 2.66. The number of hydrogen-bond acceptors (Lipinski definition) is 6. The van der Waals surface area contributed by atoms with Crippen LogP contribution in [0.1, 0.15) is 26.2 Å².